The summed E-state index contributed by atoms with van der Waals surface area (Å²) < 4.78 is 54.7. The minimum absolute atomic E-state index is 0.0112. The van der Waals surface area contributed by atoms with Crippen LogP contribution in [0.5, 0.6) is 0 Å². The van der Waals surface area contributed by atoms with Crippen LogP contribution in [0.2, 0.25) is 0 Å². The van der Waals surface area contributed by atoms with Gasteiger partial charge in [0.1, 0.15) is 5.58 Å². The third-order valence-electron chi connectivity index (χ3n) is 21.8. The van der Waals surface area contributed by atoms with Crippen molar-refractivity contribution in [2.45, 2.75) is 205 Å². The van der Waals surface area contributed by atoms with Crippen LogP contribution in [0.25, 0.3) is 11.0 Å². The molecule has 0 saturated carbocycles. The maximum Gasteiger partial charge on any atom is 0.297 e. The Bertz CT molecular complexity index is 4210. The van der Waals surface area contributed by atoms with Crippen LogP contribution in [0.4, 0.5) is 51.2 Å². The quantitative estimate of drug-likeness (QED) is 0.160. The van der Waals surface area contributed by atoms with E-state index in [1.54, 1.807) is 0 Å². The van der Waals surface area contributed by atoms with E-state index in [4.69, 9.17) is 5.79 Å². The number of benzene rings is 7. The van der Waals surface area contributed by atoms with Gasteiger partial charge >= 0.3 is 0 Å². The van der Waals surface area contributed by atoms with Crippen LogP contribution in [0.15, 0.2) is 138 Å². The van der Waals surface area contributed by atoms with E-state index in [2.05, 4.69) is 193 Å². The molecule has 0 saturated heterocycles. The molecule has 3 heterocycles. The number of nitrogens with zero attached hydrogens (tertiary/aromatic N) is 3. The van der Waals surface area contributed by atoms with Crippen LogP contribution in [0.3, 0.4) is 0 Å². The Kier molecular flexibility index (Phi) is 9.93. The SMILES string of the molecule is [2H]c1c([2H])c([2H])c(N(c2ccccc2)c2cc3c4c(c2)N(c2ccc5c(c2)C(C)(C)CCC5(C)C)c2c(oc5cc6c(cc25)C(C)(C)CCC6(C)C)B4c2cc4c(cc2N3c2ccc3c(c2)C(C)(C)CCC3(C)C)C(C)(C)CCC4(C)C)c([2H])c1[2H]. The second-order valence-electron chi connectivity index (χ2n) is 30.8. The Morgan fingerprint density at radius 3 is 1.36 bits per heavy atom. The van der Waals surface area contributed by atoms with Crippen molar-refractivity contribution in [3.8, 4) is 0 Å². The lowest BCUT2D eigenvalue weighted by atomic mass is 9.35. The summed E-state index contributed by atoms with van der Waals surface area (Å²) in [6, 6.07) is 37.2. The van der Waals surface area contributed by atoms with Crippen LogP contribution in [0.1, 0.15) is 214 Å². The van der Waals surface area contributed by atoms with Crippen LogP contribution < -0.4 is 31.3 Å². The zero-order valence-corrected chi connectivity index (χ0v) is 51.3. The highest BCUT2D eigenvalue weighted by molar-refractivity contribution is 7.00. The van der Waals surface area contributed by atoms with Gasteiger partial charge in [0.05, 0.1) is 23.9 Å². The number of hydrogen-bond donors (Lipinski definition) is 0. The van der Waals surface area contributed by atoms with E-state index < -0.39 is 6.04 Å². The summed E-state index contributed by atoms with van der Waals surface area (Å²) in [5.41, 5.74) is 22.1. The average molecular weight is 1070 g/mol. The molecule has 7 aromatic carbocycles. The molecule has 0 radical (unpaired) electrons. The van der Waals surface area contributed by atoms with Gasteiger partial charge in [-0.25, -0.2) is 0 Å². The average Bonchev–Trinajstić information content (AvgIpc) is 1.23. The molecule has 0 unspecified atom stereocenters. The smallest absolute Gasteiger partial charge is 0.297 e. The molecule has 2 aliphatic heterocycles. The first kappa shape index (κ1) is 47.1. The van der Waals surface area contributed by atoms with Gasteiger partial charge in [-0.1, -0.05) is 165 Å². The second kappa shape index (κ2) is 17.1. The lowest BCUT2D eigenvalue weighted by molar-refractivity contribution is 0.332. The Balaban J connectivity index is 1.19. The number of para-hydroxylation sites is 2. The van der Waals surface area contributed by atoms with Crippen LogP contribution >= 0.6 is 0 Å². The summed E-state index contributed by atoms with van der Waals surface area (Å²) in [6.45, 7) is 38.2. The fraction of sp³-hybridized carbons (Fsp3) is 0.421. The highest BCUT2D eigenvalue weighted by Gasteiger charge is 2.51. The predicted octanol–water partition coefficient (Wildman–Crippen LogP) is 19.4. The number of anilines is 9. The Labute approximate surface area is 492 Å². The minimum Gasteiger partial charge on any atom is -0.468 e. The van der Waals surface area contributed by atoms with E-state index in [1.165, 1.54) is 50.0 Å². The van der Waals surface area contributed by atoms with E-state index in [1.807, 2.05) is 35.2 Å². The van der Waals surface area contributed by atoms with E-state index >= 15 is 0 Å². The topological polar surface area (TPSA) is 22.9 Å². The molecule has 5 heteroatoms. The van der Waals surface area contributed by atoms with Gasteiger partial charge in [-0.15, -0.1) is 0 Å². The summed E-state index contributed by atoms with van der Waals surface area (Å²) in [5.74, 6) is 0. The van der Waals surface area contributed by atoms with Crippen LogP contribution in [0, 0.1) is 0 Å². The molecule has 81 heavy (non-hydrogen) atoms. The Hall–Kier alpha value is -6.46. The van der Waals surface area contributed by atoms with Gasteiger partial charge in [-0.2, -0.15) is 0 Å². The molecule has 0 fully saturated rings. The van der Waals surface area contributed by atoms with Gasteiger partial charge in [-0.3, -0.25) is 0 Å². The fourth-order valence-electron chi connectivity index (χ4n) is 16.0. The van der Waals surface area contributed by atoms with E-state index in [9.17, 15) is 5.48 Å². The van der Waals surface area contributed by atoms with Crippen molar-refractivity contribution in [3.63, 3.8) is 0 Å². The van der Waals surface area contributed by atoms with Crippen molar-refractivity contribution >= 4 is 85.5 Å². The van der Waals surface area contributed by atoms with Crippen molar-refractivity contribution in [3.05, 3.63) is 178 Å². The molecule has 4 aliphatic carbocycles. The second-order valence-corrected chi connectivity index (χ2v) is 30.8. The highest BCUT2D eigenvalue weighted by Crippen LogP contribution is 2.57. The first-order chi connectivity index (χ1) is 40.2. The molecule has 0 atom stereocenters. The van der Waals surface area contributed by atoms with Gasteiger partial charge in [0.25, 0.3) is 6.71 Å². The van der Waals surface area contributed by atoms with Crippen molar-refractivity contribution in [2.75, 3.05) is 14.7 Å². The molecule has 0 bridgehead atoms. The maximum atomic E-state index is 9.77. The number of fused-ring (bicyclic) bond motifs is 10. The monoisotopic (exact) mass is 1070 g/mol. The zero-order chi connectivity index (χ0) is 61.3. The van der Waals surface area contributed by atoms with Crippen LogP contribution in [-0.4, -0.2) is 6.71 Å². The van der Waals surface area contributed by atoms with Gasteiger partial charge in [0.2, 0.25) is 0 Å². The van der Waals surface area contributed by atoms with Crippen molar-refractivity contribution in [2.24, 2.45) is 0 Å². The summed E-state index contributed by atoms with van der Waals surface area (Å²) in [6.07, 6.45) is 8.60. The van der Waals surface area contributed by atoms with E-state index in [0.717, 1.165) is 108 Å². The molecule has 0 N–H and O–H groups in total. The molecule has 14 rings (SSSR count). The van der Waals surface area contributed by atoms with Crippen molar-refractivity contribution in [1.82, 2.24) is 0 Å². The van der Waals surface area contributed by atoms with E-state index in [0.29, 0.717) is 11.4 Å². The van der Waals surface area contributed by atoms with Gasteiger partial charge in [0.15, 0.2) is 0 Å². The molecule has 1 aromatic heterocycles. The van der Waals surface area contributed by atoms with Crippen LogP contribution in [-0.2, 0) is 43.3 Å². The van der Waals surface area contributed by atoms with Crippen molar-refractivity contribution in [1.29, 1.82) is 0 Å². The largest absolute Gasteiger partial charge is 0.468 e. The summed E-state index contributed by atoms with van der Waals surface area (Å²) in [7, 11) is 0. The minimum atomic E-state index is -0.423. The summed E-state index contributed by atoms with van der Waals surface area (Å²) in [5, 5.41) is 1.08. The maximum absolute atomic E-state index is 9.77. The first-order valence-electron chi connectivity index (χ1n) is 33.0. The third kappa shape index (κ3) is 7.81. The Morgan fingerprint density at radius 1 is 0.407 bits per heavy atom. The highest BCUT2D eigenvalue weighted by atomic mass is 16.3. The molecule has 0 spiro atoms. The molecular formula is C76H86BN3O. The van der Waals surface area contributed by atoms with Gasteiger partial charge in [0, 0.05) is 45.2 Å². The van der Waals surface area contributed by atoms with Gasteiger partial charge < -0.3 is 19.1 Å². The van der Waals surface area contributed by atoms with Crippen molar-refractivity contribution < 1.29 is 11.3 Å². The zero-order valence-electron chi connectivity index (χ0n) is 56.3. The van der Waals surface area contributed by atoms with E-state index in [-0.39, 0.29) is 79.9 Å². The molecule has 8 aromatic rings. The lowest BCUT2D eigenvalue weighted by Crippen LogP contribution is -2.61. The number of furan rings is 1. The summed E-state index contributed by atoms with van der Waals surface area (Å²) >= 11 is 0. The molecular weight excluding hydrogens is 982 g/mol. The fourth-order valence-corrected chi connectivity index (χ4v) is 16.0. The third-order valence-corrected chi connectivity index (χ3v) is 21.8. The molecule has 6 aliphatic rings. The molecule has 414 valence electrons. The summed E-state index contributed by atoms with van der Waals surface area (Å²) in [4.78, 5) is 6.99. The normalized spacial score (nSPS) is 22.0. The molecule has 0 amide bonds. The number of hydrogen-bond acceptors (Lipinski definition) is 4. The first-order valence-corrected chi connectivity index (χ1v) is 30.5. The van der Waals surface area contributed by atoms with Gasteiger partial charge in [-0.05, 0) is 229 Å². The Morgan fingerprint density at radius 2 is 0.840 bits per heavy atom. The molecule has 4 nitrogen and oxygen atoms in total. The lowest BCUT2D eigenvalue weighted by Gasteiger charge is -2.47. The standard InChI is InChI=1S/C76H86BN3O/c1-69(2)31-33-71(5,6)55-39-49(27-29-53(55)69)79-62-45-59-58(74(11,12)36-37-75(59,13)14)44-61(62)77-66-63(79)41-51(78(47-23-19-17-20-24-47)48-25-21-18-22-26-48)42-64(66)80(50-28-30-54-56(40-50)72(7,8)34-32-70(54,3)4)67-52-43-57-60(46-65(52)81-68(67)77)76(15,16)38-35-73(57,9)10/h17-30,39-46H,31-38H2,1-16H3/i17D,19D,20D,23D,24D. The predicted molar refractivity (Wildman–Crippen MR) is 346 cm³/mol. The number of rotatable bonds is 5.